The lowest BCUT2D eigenvalue weighted by molar-refractivity contribution is 0.0669. The van der Waals surface area contributed by atoms with Crippen LogP contribution in [-0.2, 0) is 0 Å². The number of hydrogen-bond acceptors (Lipinski definition) is 2. The van der Waals surface area contributed by atoms with Crippen molar-refractivity contribution in [3.63, 3.8) is 0 Å². The van der Waals surface area contributed by atoms with Crippen LogP contribution in [0, 0.1) is 0 Å². The van der Waals surface area contributed by atoms with E-state index in [9.17, 15) is 22.5 Å². The summed E-state index contributed by atoms with van der Waals surface area (Å²) in [5, 5.41) is 0. The maximum atomic E-state index is 12.4. The number of rotatable bonds is 3. The molecule has 1 heterocycles. The van der Waals surface area contributed by atoms with Crippen LogP contribution in [0.1, 0.15) is 20.7 Å². The molecule has 7 heteroatoms. The van der Waals surface area contributed by atoms with E-state index in [0.29, 0.717) is 4.90 Å². The first kappa shape index (κ1) is 12.4. The molecule has 1 aromatic rings. The van der Waals surface area contributed by atoms with Gasteiger partial charge < -0.3 is 12.9 Å². The summed E-state index contributed by atoms with van der Waals surface area (Å²) in [4.78, 5) is 24.1. The molecule has 1 aromatic carbocycles. The standard InChI is InChI=1S/C11H8BF3NO2/c1-7(12(13,14)15)6-16-10(17)8-4-2-3-5-9(8)11(16)18/h2-5H,1,6H2/q-1. The van der Waals surface area contributed by atoms with Crippen molar-refractivity contribution in [2.45, 2.75) is 0 Å². The molecule has 0 aliphatic carbocycles. The summed E-state index contributed by atoms with van der Waals surface area (Å²) in [6.07, 6.45) is 0. The van der Waals surface area contributed by atoms with E-state index in [-0.39, 0.29) is 11.1 Å². The van der Waals surface area contributed by atoms with Crippen molar-refractivity contribution < 1.29 is 22.5 Å². The molecule has 0 bridgehead atoms. The quantitative estimate of drug-likeness (QED) is 0.612. The van der Waals surface area contributed by atoms with Crippen LogP contribution >= 0.6 is 0 Å². The molecule has 0 spiro atoms. The Kier molecular flexibility index (Phi) is 2.76. The lowest BCUT2D eigenvalue weighted by Crippen LogP contribution is -2.36. The first-order chi connectivity index (χ1) is 8.32. The van der Waals surface area contributed by atoms with E-state index in [2.05, 4.69) is 6.58 Å². The maximum Gasteiger partial charge on any atom is 0.506 e. The second-order valence-electron chi connectivity index (χ2n) is 3.98. The lowest BCUT2D eigenvalue weighted by Gasteiger charge is -2.22. The normalized spacial score (nSPS) is 14.9. The molecule has 3 nitrogen and oxygen atoms in total. The minimum absolute atomic E-state index is 0.130. The van der Waals surface area contributed by atoms with Gasteiger partial charge in [-0.25, -0.2) is 0 Å². The highest BCUT2D eigenvalue weighted by molar-refractivity contribution is 6.66. The third kappa shape index (κ3) is 1.92. The van der Waals surface area contributed by atoms with Gasteiger partial charge in [-0.15, -0.1) is 12.1 Å². The zero-order valence-electron chi connectivity index (χ0n) is 9.20. The number of carbonyl (C=O) groups is 2. The summed E-state index contributed by atoms with van der Waals surface area (Å²) >= 11 is 0. The van der Waals surface area contributed by atoms with Crippen LogP contribution in [0.25, 0.3) is 0 Å². The monoisotopic (exact) mass is 254 g/mol. The van der Waals surface area contributed by atoms with Gasteiger partial charge in [0.05, 0.1) is 11.1 Å². The Morgan fingerprint density at radius 1 is 1.11 bits per heavy atom. The molecule has 2 amide bonds. The minimum Gasteiger partial charge on any atom is -0.445 e. The third-order valence-electron chi connectivity index (χ3n) is 2.70. The van der Waals surface area contributed by atoms with Crippen molar-refractivity contribution in [3.8, 4) is 0 Å². The summed E-state index contributed by atoms with van der Waals surface area (Å²) < 4.78 is 37.2. The lowest BCUT2D eigenvalue weighted by atomic mass is 9.80. The number of fused-ring (bicyclic) bond motifs is 1. The fourth-order valence-electron chi connectivity index (χ4n) is 1.69. The molecular weight excluding hydrogens is 246 g/mol. The topological polar surface area (TPSA) is 37.4 Å². The predicted molar refractivity (Wildman–Crippen MR) is 60.0 cm³/mol. The highest BCUT2D eigenvalue weighted by atomic mass is 19.4. The van der Waals surface area contributed by atoms with E-state index < -0.39 is 30.8 Å². The molecule has 2 rings (SSSR count). The zero-order valence-corrected chi connectivity index (χ0v) is 9.20. The largest absolute Gasteiger partial charge is 0.506 e. The molecule has 18 heavy (non-hydrogen) atoms. The summed E-state index contributed by atoms with van der Waals surface area (Å²) in [6.45, 7) is -3.18. The van der Waals surface area contributed by atoms with Crippen molar-refractivity contribution in [3.05, 3.63) is 47.4 Å². The van der Waals surface area contributed by atoms with Crippen LogP contribution in [0.3, 0.4) is 0 Å². The van der Waals surface area contributed by atoms with Gasteiger partial charge in [0.25, 0.3) is 11.8 Å². The number of nitrogens with zero attached hydrogens (tertiary/aromatic N) is 1. The maximum absolute atomic E-state index is 12.4. The Morgan fingerprint density at radius 2 is 1.56 bits per heavy atom. The van der Waals surface area contributed by atoms with Gasteiger partial charge in [0.2, 0.25) is 0 Å². The SMILES string of the molecule is C=C(CN1C(=O)c2ccccc2C1=O)[B-](F)(F)F. The Bertz CT molecular complexity index is 518. The molecule has 0 unspecified atom stereocenters. The van der Waals surface area contributed by atoms with E-state index in [1.165, 1.54) is 12.1 Å². The van der Waals surface area contributed by atoms with Gasteiger partial charge in [0.1, 0.15) is 0 Å². The second kappa shape index (κ2) is 4.01. The highest BCUT2D eigenvalue weighted by Crippen LogP contribution is 2.26. The molecule has 0 saturated carbocycles. The Balaban J connectivity index is 2.27. The molecular formula is C11H8BF3NO2-. The van der Waals surface area contributed by atoms with Crippen LogP contribution in [0.5, 0.6) is 0 Å². The van der Waals surface area contributed by atoms with Crippen LogP contribution < -0.4 is 0 Å². The Labute approximate surface area is 101 Å². The molecule has 0 N–H and O–H groups in total. The van der Waals surface area contributed by atoms with Crippen LogP contribution in [0.2, 0.25) is 0 Å². The van der Waals surface area contributed by atoms with Crippen molar-refractivity contribution in [1.82, 2.24) is 4.90 Å². The van der Waals surface area contributed by atoms with Crippen LogP contribution in [-0.4, -0.2) is 30.2 Å². The summed E-state index contributed by atoms with van der Waals surface area (Å²) in [5.41, 5.74) is -0.806. The van der Waals surface area contributed by atoms with E-state index in [1.807, 2.05) is 0 Å². The average Bonchev–Trinajstić information content (AvgIpc) is 2.54. The van der Waals surface area contributed by atoms with Gasteiger partial charge in [-0.05, 0) is 12.1 Å². The van der Waals surface area contributed by atoms with Gasteiger partial charge >= 0.3 is 6.98 Å². The predicted octanol–water partition coefficient (Wildman–Crippen LogP) is 2.23. The van der Waals surface area contributed by atoms with E-state index in [4.69, 9.17) is 0 Å². The molecule has 94 valence electrons. The van der Waals surface area contributed by atoms with Crippen molar-refractivity contribution in [1.29, 1.82) is 0 Å². The fraction of sp³-hybridized carbons (Fsp3) is 0.0909. The van der Waals surface area contributed by atoms with Gasteiger partial charge in [-0.1, -0.05) is 12.1 Å². The number of halogens is 3. The van der Waals surface area contributed by atoms with Gasteiger partial charge in [-0.2, -0.15) is 0 Å². The molecule has 0 saturated heterocycles. The molecule has 0 atom stereocenters. The first-order valence-electron chi connectivity index (χ1n) is 5.15. The van der Waals surface area contributed by atoms with E-state index >= 15 is 0 Å². The summed E-state index contributed by atoms with van der Waals surface area (Å²) in [6, 6.07) is 5.93. The second-order valence-corrected chi connectivity index (χ2v) is 3.98. The minimum atomic E-state index is -5.25. The summed E-state index contributed by atoms with van der Waals surface area (Å²) in [7, 11) is 0. The molecule has 0 radical (unpaired) electrons. The van der Waals surface area contributed by atoms with Gasteiger partial charge in [0, 0.05) is 6.54 Å². The molecule has 1 aliphatic rings. The van der Waals surface area contributed by atoms with Crippen molar-refractivity contribution in [2.24, 2.45) is 0 Å². The molecule has 0 fully saturated rings. The van der Waals surface area contributed by atoms with E-state index in [0.717, 1.165) is 0 Å². The number of imide groups is 1. The van der Waals surface area contributed by atoms with Gasteiger partial charge in [-0.3, -0.25) is 14.5 Å². The first-order valence-corrected chi connectivity index (χ1v) is 5.15. The Hall–Kier alpha value is -2.05. The van der Waals surface area contributed by atoms with Crippen molar-refractivity contribution in [2.75, 3.05) is 6.54 Å². The van der Waals surface area contributed by atoms with Gasteiger partial charge in [0.15, 0.2) is 0 Å². The molecule has 0 aromatic heterocycles. The average molecular weight is 254 g/mol. The number of carbonyl (C=O) groups excluding carboxylic acids is 2. The fourth-order valence-corrected chi connectivity index (χ4v) is 1.69. The number of benzene rings is 1. The number of amides is 2. The summed E-state index contributed by atoms with van der Waals surface area (Å²) in [5.74, 6) is -1.42. The van der Waals surface area contributed by atoms with Crippen LogP contribution in [0.15, 0.2) is 36.3 Å². The van der Waals surface area contributed by atoms with Crippen molar-refractivity contribution >= 4 is 18.8 Å². The van der Waals surface area contributed by atoms with E-state index in [1.54, 1.807) is 12.1 Å². The zero-order chi connectivity index (χ0) is 13.5. The molecule has 1 aliphatic heterocycles. The van der Waals surface area contributed by atoms with Crippen LogP contribution in [0.4, 0.5) is 12.9 Å². The highest BCUT2D eigenvalue weighted by Gasteiger charge is 2.37. The third-order valence-corrected chi connectivity index (χ3v) is 2.70. The smallest absolute Gasteiger partial charge is 0.445 e. The Morgan fingerprint density at radius 3 is 1.94 bits per heavy atom. The number of hydrogen-bond donors (Lipinski definition) is 0.